The van der Waals surface area contributed by atoms with Crippen LogP contribution in [0.1, 0.15) is 31.4 Å². The number of hydrogen-bond donors (Lipinski definition) is 1. The third kappa shape index (κ3) is 4.60. The average Bonchev–Trinajstić information content (AvgIpc) is 3.08. The van der Waals surface area contributed by atoms with E-state index in [-0.39, 0.29) is 5.91 Å². The van der Waals surface area contributed by atoms with E-state index in [9.17, 15) is 14.4 Å². The molecule has 3 rings (SSSR count). The Morgan fingerprint density at radius 2 is 2.08 bits per heavy atom. The van der Waals surface area contributed by atoms with Crippen molar-refractivity contribution < 1.29 is 14.4 Å². The van der Waals surface area contributed by atoms with Crippen LogP contribution in [0.25, 0.3) is 0 Å². The summed E-state index contributed by atoms with van der Waals surface area (Å²) in [4.78, 5) is 45.7. The SMILES string of the molecule is O=C1N=CC=CC1C(=O)Nc1nc(CCC(=O)N2CCCCC2)cs1. The van der Waals surface area contributed by atoms with E-state index in [2.05, 4.69) is 15.3 Å². The van der Waals surface area contributed by atoms with E-state index in [1.807, 2.05) is 10.3 Å². The van der Waals surface area contributed by atoms with Crippen LogP contribution in [0, 0.1) is 5.92 Å². The monoisotopic (exact) mass is 360 g/mol. The van der Waals surface area contributed by atoms with Crippen molar-refractivity contribution in [3.8, 4) is 0 Å². The smallest absolute Gasteiger partial charge is 0.262 e. The molecule has 25 heavy (non-hydrogen) atoms. The number of aliphatic imine (C=N–C) groups is 1. The number of nitrogens with one attached hydrogen (secondary N) is 1. The van der Waals surface area contributed by atoms with E-state index in [0.717, 1.165) is 31.6 Å². The van der Waals surface area contributed by atoms with Crippen molar-refractivity contribution >= 4 is 40.4 Å². The van der Waals surface area contributed by atoms with Crippen molar-refractivity contribution in [1.29, 1.82) is 0 Å². The highest BCUT2D eigenvalue weighted by Gasteiger charge is 2.25. The maximum Gasteiger partial charge on any atom is 0.262 e. The summed E-state index contributed by atoms with van der Waals surface area (Å²) in [5, 5.41) is 4.90. The molecule has 132 valence electrons. The molecule has 0 spiro atoms. The summed E-state index contributed by atoms with van der Waals surface area (Å²) in [6.45, 7) is 1.70. The van der Waals surface area contributed by atoms with Crippen molar-refractivity contribution in [2.75, 3.05) is 18.4 Å². The first-order valence-electron chi connectivity index (χ1n) is 8.41. The third-order valence-electron chi connectivity index (χ3n) is 4.23. The number of thiazole rings is 1. The lowest BCUT2D eigenvalue weighted by molar-refractivity contribution is -0.132. The molecular formula is C17H20N4O3S. The van der Waals surface area contributed by atoms with Gasteiger partial charge in [-0.15, -0.1) is 11.3 Å². The predicted molar refractivity (Wildman–Crippen MR) is 95.6 cm³/mol. The Balaban J connectivity index is 1.49. The molecule has 0 aromatic carbocycles. The number of rotatable bonds is 5. The van der Waals surface area contributed by atoms with Gasteiger partial charge in [0.15, 0.2) is 5.13 Å². The molecule has 1 unspecified atom stereocenters. The molecule has 0 bridgehead atoms. The minimum absolute atomic E-state index is 0.161. The molecule has 1 N–H and O–H groups in total. The minimum Gasteiger partial charge on any atom is -0.343 e. The molecular weight excluding hydrogens is 340 g/mol. The number of allylic oxidation sites excluding steroid dienone is 1. The van der Waals surface area contributed by atoms with Crippen molar-refractivity contribution in [2.24, 2.45) is 10.9 Å². The highest BCUT2D eigenvalue weighted by molar-refractivity contribution is 7.13. The topological polar surface area (TPSA) is 91.7 Å². The number of aromatic nitrogens is 1. The van der Waals surface area contributed by atoms with Gasteiger partial charge >= 0.3 is 0 Å². The number of nitrogens with zero attached hydrogens (tertiary/aromatic N) is 3. The van der Waals surface area contributed by atoms with Gasteiger partial charge in [0.2, 0.25) is 11.8 Å². The van der Waals surface area contributed by atoms with Crippen LogP contribution in [0.3, 0.4) is 0 Å². The molecule has 1 saturated heterocycles. The van der Waals surface area contributed by atoms with Gasteiger partial charge < -0.3 is 10.2 Å². The molecule has 7 nitrogen and oxygen atoms in total. The molecule has 1 atom stereocenters. The molecule has 0 radical (unpaired) electrons. The van der Waals surface area contributed by atoms with Crippen LogP contribution in [-0.4, -0.2) is 46.9 Å². The zero-order valence-electron chi connectivity index (χ0n) is 13.8. The summed E-state index contributed by atoms with van der Waals surface area (Å²) in [6, 6.07) is 0. The fourth-order valence-corrected chi connectivity index (χ4v) is 3.59. The Labute approximate surface area is 149 Å². The zero-order chi connectivity index (χ0) is 17.6. The van der Waals surface area contributed by atoms with Gasteiger partial charge in [-0.2, -0.15) is 0 Å². The fourth-order valence-electron chi connectivity index (χ4n) is 2.84. The van der Waals surface area contributed by atoms with E-state index < -0.39 is 17.7 Å². The van der Waals surface area contributed by atoms with Crippen LogP contribution >= 0.6 is 11.3 Å². The number of hydrogen-bond acceptors (Lipinski definition) is 5. The van der Waals surface area contributed by atoms with Crippen LogP contribution < -0.4 is 5.32 Å². The van der Waals surface area contributed by atoms with Gasteiger partial charge in [0.25, 0.3) is 5.91 Å². The van der Waals surface area contributed by atoms with Crippen molar-refractivity contribution in [1.82, 2.24) is 9.88 Å². The van der Waals surface area contributed by atoms with Crippen molar-refractivity contribution in [3.05, 3.63) is 23.2 Å². The molecule has 2 aliphatic rings. The second-order valence-electron chi connectivity index (χ2n) is 6.05. The molecule has 0 aliphatic carbocycles. The van der Waals surface area contributed by atoms with Gasteiger partial charge in [-0.1, -0.05) is 6.08 Å². The van der Waals surface area contributed by atoms with Gasteiger partial charge in [0.1, 0.15) is 5.92 Å². The number of piperidine rings is 1. The largest absolute Gasteiger partial charge is 0.343 e. The van der Waals surface area contributed by atoms with E-state index in [1.54, 1.807) is 6.08 Å². The summed E-state index contributed by atoms with van der Waals surface area (Å²) in [5.41, 5.74) is 0.772. The molecule has 3 heterocycles. The number of carbonyl (C=O) groups is 3. The Morgan fingerprint density at radius 3 is 2.84 bits per heavy atom. The molecule has 3 amide bonds. The quantitative estimate of drug-likeness (QED) is 0.811. The Bertz CT molecular complexity index is 719. The maximum absolute atomic E-state index is 12.2. The molecule has 1 fully saturated rings. The lowest BCUT2D eigenvalue weighted by Crippen LogP contribution is -2.35. The summed E-state index contributed by atoms with van der Waals surface area (Å²) in [5.74, 6) is -1.67. The normalized spacial score (nSPS) is 19.9. The second-order valence-corrected chi connectivity index (χ2v) is 6.91. The first-order valence-corrected chi connectivity index (χ1v) is 9.29. The predicted octanol–water partition coefficient (Wildman–Crippen LogP) is 1.81. The number of dihydropyridines is 1. The summed E-state index contributed by atoms with van der Waals surface area (Å²) in [7, 11) is 0. The highest BCUT2D eigenvalue weighted by Crippen LogP contribution is 2.19. The first-order chi connectivity index (χ1) is 12.1. The summed E-state index contributed by atoms with van der Waals surface area (Å²) < 4.78 is 0. The molecule has 1 aromatic rings. The Kier molecular flexibility index (Phi) is 5.70. The minimum atomic E-state index is -0.905. The first kappa shape index (κ1) is 17.5. The molecule has 1 aromatic heterocycles. The molecule has 8 heteroatoms. The van der Waals surface area contributed by atoms with E-state index in [0.29, 0.717) is 18.0 Å². The van der Waals surface area contributed by atoms with Gasteiger partial charge in [0, 0.05) is 31.1 Å². The van der Waals surface area contributed by atoms with Crippen LogP contribution in [0.2, 0.25) is 0 Å². The van der Waals surface area contributed by atoms with Crippen LogP contribution in [0.15, 0.2) is 22.5 Å². The van der Waals surface area contributed by atoms with Gasteiger partial charge in [0.05, 0.1) is 5.69 Å². The van der Waals surface area contributed by atoms with E-state index in [4.69, 9.17) is 0 Å². The Morgan fingerprint density at radius 1 is 1.28 bits per heavy atom. The summed E-state index contributed by atoms with van der Waals surface area (Å²) in [6.07, 6.45) is 8.79. The maximum atomic E-state index is 12.2. The van der Waals surface area contributed by atoms with Gasteiger partial charge in [-0.25, -0.2) is 9.98 Å². The zero-order valence-corrected chi connectivity index (χ0v) is 14.6. The second kappa shape index (κ2) is 8.15. The lowest BCUT2D eigenvalue weighted by Gasteiger charge is -2.26. The third-order valence-corrected chi connectivity index (χ3v) is 5.03. The standard InChI is InChI=1S/C17H20N4O3S/c22-14(21-9-2-1-3-10-21)7-6-12-11-25-17(19-12)20-16(24)13-5-4-8-18-15(13)23/h4-5,8,11,13H,1-3,6-7,9-10H2,(H,19,20,24). The molecule has 2 aliphatic heterocycles. The van der Waals surface area contributed by atoms with Gasteiger partial charge in [-0.3, -0.25) is 14.4 Å². The van der Waals surface area contributed by atoms with E-state index in [1.165, 1.54) is 30.0 Å². The van der Waals surface area contributed by atoms with Gasteiger partial charge in [-0.05, 0) is 31.8 Å². The molecule has 0 saturated carbocycles. The average molecular weight is 360 g/mol. The summed E-state index contributed by atoms with van der Waals surface area (Å²) >= 11 is 1.29. The number of amides is 3. The number of carbonyl (C=O) groups excluding carboxylic acids is 3. The number of anilines is 1. The Hall–Kier alpha value is -2.35. The van der Waals surface area contributed by atoms with Crippen LogP contribution in [0.5, 0.6) is 0 Å². The number of aryl methyl sites for hydroxylation is 1. The van der Waals surface area contributed by atoms with Crippen molar-refractivity contribution in [2.45, 2.75) is 32.1 Å². The highest BCUT2D eigenvalue weighted by atomic mass is 32.1. The van der Waals surface area contributed by atoms with E-state index >= 15 is 0 Å². The number of likely N-dealkylation sites (tertiary alicyclic amines) is 1. The lowest BCUT2D eigenvalue weighted by atomic mass is 10.1. The fraction of sp³-hybridized carbons (Fsp3) is 0.471. The van der Waals surface area contributed by atoms with Crippen LogP contribution in [-0.2, 0) is 20.8 Å². The van der Waals surface area contributed by atoms with Crippen LogP contribution in [0.4, 0.5) is 5.13 Å². The van der Waals surface area contributed by atoms with Crippen molar-refractivity contribution in [3.63, 3.8) is 0 Å².